The summed E-state index contributed by atoms with van der Waals surface area (Å²) >= 11 is 0. The maximum Gasteiger partial charge on any atom is 0.407 e. The van der Waals surface area contributed by atoms with Gasteiger partial charge in [0, 0.05) is 18.3 Å². The molecule has 0 saturated carbocycles. The maximum atomic E-state index is 11.5. The lowest BCUT2D eigenvalue weighted by molar-refractivity contribution is 0.0506. The van der Waals surface area contributed by atoms with Gasteiger partial charge in [0.2, 0.25) is 0 Å². The minimum atomic E-state index is -2.97. The molecule has 120 valence electrons. The molecule has 0 bridgehead atoms. The van der Waals surface area contributed by atoms with E-state index in [4.69, 9.17) is 4.74 Å². The van der Waals surface area contributed by atoms with E-state index in [1.54, 1.807) is 0 Å². The lowest BCUT2D eigenvalue weighted by Crippen LogP contribution is -2.40. The number of ether oxygens (including phenoxy) is 1. The van der Waals surface area contributed by atoms with E-state index < -0.39 is 21.5 Å². The molecule has 2 atom stereocenters. The number of alkyl carbamates (subject to hydrolysis) is 1. The van der Waals surface area contributed by atoms with E-state index in [0.29, 0.717) is 13.0 Å². The number of amides is 1. The van der Waals surface area contributed by atoms with Gasteiger partial charge in [-0.15, -0.1) is 0 Å². The third-order valence-corrected chi connectivity index (χ3v) is 3.49. The molecule has 0 aliphatic heterocycles. The van der Waals surface area contributed by atoms with E-state index in [1.165, 1.54) is 6.26 Å². The van der Waals surface area contributed by atoms with E-state index in [1.807, 2.05) is 34.6 Å². The first-order chi connectivity index (χ1) is 8.89. The fourth-order valence-corrected chi connectivity index (χ4v) is 2.67. The molecule has 0 spiro atoms. The summed E-state index contributed by atoms with van der Waals surface area (Å²) in [7, 11) is -2.97. The van der Waals surface area contributed by atoms with Gasteiger partial charge in [0.25, 0.3) is 0 Å². The Kier molecular flexibility index (Phi) is 7.51. The molecule has 0 saturated heterocycles. The Morgan fingerprint density at radius 1 is 1.20 bits per heavy atom. The zero-order chi connectivity index (χ0) is 16.0. The zero-order valence-corrected chi connectivity index (χ0v) is 14.1. The molecule has 0 aliphatic rings. The molecule has 1 amide bonds. The van der Waals surface area contributed by atoms with Crippen LogP contribution in [0.25, 0.3) is 0 Å². The van der Waals surface area contributed by atoms with Gasteiger partial charge >= 0.3 is 6.09 Å². The predicted octanol–water partition coefficient (Wildman–Crippen LogP) is 1.31. The minimum absolute atomic E-state index is 0.0391. The van der Waals surface area contributed by atoms with Crippen LogP contribution < -0.4 is 10.6 Å². The Morgan fingerprint density at radius 2 is 1.75 bits per heavy atom. The molecule has 0 rings (SSSR count). The van der Waals surface area contributed by atoms with Crippen molar-refractivity contribution in [1.29, 1.82) is 0 Å². The van der Waals surface area contributed by atoms with E-state index in [9.17, 15) is 13.2 Å². The van der Waals surface area contributed by atoms with Crippen LogP contribution in [0.5, 0.6) is 0 Å². The lowest BCUT2D eigenvalue weighted by Gasteiger charge is -2.22. The molecule has 2 N–H and O–H groups in total. The quantitative estimate of drug-likeness (QED) is 0.741. The Bertz CT molecular complexity index is 401. The lowest BCUT2D eigenvalue weighted by atomic mass is 10.2. The van der Waals surface area contributed by atoms with Crippen molar-refractivity contribution in [3.8, 4) is 0 Å². The SMILES string of the molecule is CC(CS(C)(=O)=O)NCCC(C)NC(=O)OC(C)(C)C. The van der Waals surface area contributed by atoms with Gasteiger partial charge in [0.15, 0.2) is 0 Å². The summed E-state index contributed by atoms with van der Waals surface area (Å²) in [6.45, 7) is 9.77. The van der Waals surface area contributed by atoms with Gasteiger partial charge in [-0.3, -0.25) is 0 Å². The second kappa shape index (κ2) is 7.83. The molecule has 20 heavy (non-hydrogen) atoms. The monoisotopic (exact) mass is 308 g/mol. The van der Waals surface area contributed by atoms with Crippen LogP contribution in [0.15, 0.2) is 0 Å². The van der Waals surface area contributed by atoms with Crippen LogP contribution in [0, 0.1) is 0 Å². The number of hydrogen-bond donors (Lipinski definition) is 2. The predicted molar refractivity (Wildman–Crippen MR) is 80.6 cm³/mol. The van der Waals surface area contributed by atoms with Crippen LogP contribution >= 0.6 is 0 Å². The van der Waals surface area contributed by atoms with Crippen LogP contribution in [0.4, 0.5) is 4.79 Å². The topological polar surface area (TPSA) is 84.5 Å². The van der Waals surface area contributed by atoms with Crippen molar-refractivity contribution in [3.05, 3.63) is 0 Å². The van der Waals surface area contributed by atoms with Gasteiger partial charge < -0.3 is 15.4 Å². The number of carbonyl (C=O) groups is 1. The summed E-state index contributed by atoms with van der Waals surface area (Å²) in [5, 5.41) is 5.86. The molecule has 0 radical (unpaired) electrons. The van der Waals surface area contributed by atoms with E-state index in [2.05, 4.69) is 10.6 Å². The highest BCUT2D eigenvalue weighted by Gasteiger charge is 2.17. The third kappa shape index (κ3) is 12.2. The Labute approximate surface area is 122 Å². The molecule has 0 aliphatic carbocycles. The highest BCUT2D eigenvalue weighted by Crippen LogP contribution is 2.07. The molecular formula is C13H28N2O4S. The van der Waals surface area contributed by atoms with Crippen molar-refractivity contribution in [2.75, 3.05) is 18.6 Å². The normalized spacial score (nSPS) is 15.5. The van der Waals surface area contributed by atoms with Crippen molar-refractivity contribution in [2.24, 2.45) is 0 Å². The fourth-order valence-electron chi connectivity index (χ4n) is 1.64. The summed E-state index contributed by atoms with van der Waals surface area (Å²) in [6.07, 6.45) is 1.49. The highest BCUT2D eigenvalue weighted by molar-refractivity contribution is 7.90. The molecule has 2 unspecified atom stereocenters. The van der Waals surface area contributed by atoms with Crippen LogP contribution in [0.1, 0.15) is 41.0 Å². The van der Waals surface area contributed by atoms with Crippen molar-refractivity contribution >= 4 is 15.9 Å². The van der Waals surface area contributed by atoms with Crippen molar-refractivity contribution in [1.82, 2.24) is 10.6 Å². The Morgan fingerprint density at radius 3 is 2.20 bits per heavy atom. The smallest absolute Gasteiger partial charge is 0.407 e. The van der Waals surface area contributed by atoms with Crippen LogP contribution in [0.3, 0.4) is 0 Å². The molecule has 0 aromatic rings. The molecular weight excluding hydrogens is 280 g/mol. The Balaban J connectivity index is 3.89. The fraction of sp³-hybridized carbons (Fsp3) is 0.923. The van der Waals surface area contributed by atoms with Gasteiger partial charge in [-0.2, -0.15) is 0 Å². The summed E-state index contributed by atoms with van der Waals surface area (Å²) in [4.78, 5) is 11.5. The van der Waals surface area contributed by atoms with Crippen molar-refractivity contribution in [2.45, 2.75) is 58.7 Å². The van der Waals surface area contributed by atoms with Gasteiger partial charge in [-0.1, -0.05) is 0 Å². The number of sulfone groups is 1. The first kappa shape index (κ1) is 19.2. The average Bonchev–Trinajstić information content (AvgIpc) is 2.10. The number of nitrogens with one attached hydrogen (secondary N) is 2. The van der Waals surface area contributed by atoms with Crippen LogP contribution in [-0.4, -0.2) is 50.7 Å². The van der Waals surface area contributed by atoms with Gasteiger partial charge in [0.1, 0.15) is 15.4 Å². The molecule has 7 heteroatoms. The van der Waals surface area contributed by atoms with Crippen LogP contribution in [-0.2, 0) is 14.6 Å². The van der Waals surface area contributed by atoms with Crippen molar-refractivity contribution in [3.63, 3.8) is 0 Å². The standard InChI is InChI=1S/C13H28N2O4S/c1-10(15-12(16)19-13(3,4)5)7-8-14-11(2)9-20(6,17)18/h10-11,14H,7-9H2,1-6H3,(H,15,16). The van der Waals surface area contributed by atoms with Gasteiger partial charge in [-0.25, -0.2) is 13.2 Å². The first-order valence-corrected chi connectivity index (χ1v) is 8.86. The first-order valence-electron chi connectivity index (χ1n) is 6.79. The molecule has 0 aromatic heterocycles. The van der Waals surface area contributed by atoms with Crippen LogP contribution in [0.2, 0.25) is 0 Å². The van der Waals surface area contributed by atoms with E-state index in [0.717, 1.165) is 0 Å². The second-order valence-corrected chi connectivity index (χ2v) is 8.47. The third-order valence-electron chi connectivity index (χ3n) is 2.39. The zero-order valence-electron chi connectivity index (χ0n) is 13.3. The largest absolute Gasteiger partial charge is 0.444 e. The minimum Gasteiger partial charge on any atom is -0.444 e. The number of carbonyl (C=O) groups excluding carboxylic acids is 1. The second-order valence-electron chi connectivity index (χ2n) is 6.28. The van der Waals surface area contributed by atoms with E-state index in [-0.39, 0.29) is 17.8 Å². The number of hydrogen-bond acceptors (Lipinski definition) is 5. The summed E-state index contributed by atoms with van der Waals surface area (Å²) < 4.78 is 27.4. The summed E-state index contributed by atoms with van der Waals surface area (Å²) in [5.74, 6) is 0.112. The molecule has 0 aromatic carbocycles. The van der Waals surface area contributed by atoms with E-state index >= 15 is 0 Å². The average molecular weight is 308 g/mol. The van der Waals surface area contributed by atoms with Crippen molar-refractivity contribution < 1.29 is 17.9 Å². The summed E-state index contributed by atoms with van der Waals surface area (Å²) in [6, 6.07) is -0.137. The number of rotatable bonds is 7. The van der Waals surface area contributed by atoms with Gasteiger partial charge in [0.05, 0.1) is 5.75 Å². The molecule has 0 heterocycles. The van der Waals surface area contributed by atoms with Gasteiger partial charge in [-0.05, 0) is 47.6 Å². The summed E-state index contributed by atoms with van der Waals surface area (Å²) in [5.41, 5.74) is -0.508. The maximum absolute atomic E-state index is 11.5. The Hall–Kier alpha value is -0.820. The highest BCUT2D eigenvalue weighted by atomic mass is 32.2. The molecule has 6 nitrogen and oxygen atoms in total. The molecule has 0 fully saturated rings.